The number of hydrogen-bond donors (Lipinski definition) is 2. The van der Waals surface area contributed by atoms with E-state index in [1.807, 2.05) is 0 Å². The molecule has 2 rings (SSSR count). The lowest BCUT2D eigenvalue weighted by Crippen LogP contribution is -2.15. The second-order valence-electron chi connectivity index (χ2n) is 4.41. The maximum atomic E-state index is 13.7. The van der Waals surface area contributed by atoms with Crippen LogP contribution in [-0.2, 0) is 19.9 Å². The van der Waals surface area contributed by atoms with Crippen LogP contribution in [0.15, 0.2) is 34.1 Å². The zero-order valence-electron chi connectivity index (χ0n) is 11.1. The summed E-state index contributed by atoms with van der Waals surface area (Å²) in [4.78, 5) is -1.05. The lowest BCUT2D eigenvalue weighted by Gasteiger charge is -2.08. The topological polar surface area (TPSA) is 109 Å². The highest BCUT2D eigenvalue weighted by atomic mass is 32.2. The van der Waals surface area contributed by atoms with Crippen LogP contribution < -0.4 is 4.72 Å². The Morgan fingerprint density at radius 2 is 1.86 bits per heavy atom. The van der Waals surface area contributed by atoms with Crippen molar-refractivity contribution in [3.8, 4) is 0 Å². The van der Waals surface area contributed by atoms with Gasteiger partial charge in [0.25, 0.3) is 10.0 Å². The van der Waals surface area contributed by atoms with Gasteiger partial charge in [0.05, 0.1) is 4.90 Å². The van der Waals surface area contributed by atoms with E-state index >= 15 is 0 Å². The van der Waals surface area contributed by atoms with Crippen LogP contribution in [0.2, 0.25) is 0 Å². The first-order chi connectivity index (χ1) is 9.59. The van der Waals surface area contributed by atoms with Crippen LogP contribution >= 0.6 is 0 Å². The molecular formula is C11H12FN3O4S2. The Kier molecular flexibility index (Phi) is 3.76. The van der Waals surface area contributed by atoms with Gasteiger partial charge in [0.2, 0.25) is 0 Å². The highest BCUT2D eigenvalue weighted by Crippen LogP contribution is 2.21. The number of anilines is 1. The van der Waals surface area contributed by atoms with Crippen molar-refractivity contribution in [3.63, 3.8) is 0 Å². The number of H-pyrrole nitrogens is 1. The molecule has 0 fully saturated rings. The summed E-state index contributed by atoms with van der Waals surface area (Å²) in [6.45, 7) is 1.66. The van der Waals surface area contributed by atoms with E-state index in [-0.39, 0.29) is 10.7 Å². The molecule has 114 valence electrons. The minimum Gasteiger partial charge on any atom is -0.281 e. The standard InChI is InChI=1S/C11H12FN3O4S2/c1-7-5-11(14-13-7)15-21(18,19)10-6-8(20(2,16)17)3-4-9(10)12/h3-6H,1-2H3,(H2,13,14,15). The Balaban J connectivity index is 2.49. The van der Waals surface area contributed by atoms with Crippen molar-refractivity contribution in [3.05, 3.63) is 35.8 Å². The Bertz CT molecular complexity index is 888. The van der Waals surface area contributed by atoms with Crippen LogP contribution in [-0.4, -0.2) is 33.3 Å². The molecule has 0 aliphatic rings. The van der Waals surface area contributed by atoms with E-state index in [9.17, 15) is 21.2 Å². The Labute approximate surface area is 121 Å². The number of halogens is 1. The molecular weight excluding hydrogens is 321 g/mol. The fraction of sp³-hybridized carbons (Fsp3) is 0.182. The number of aryl methyl sites for hydroxylation is 1. The van der Waals surface area contributed by atoms with E-state index in [4.69, 9.17) is 0 Å². The second kappa shape index (κ2) is 5.11. The van der Waals surface area contributed by atoms with Gasteiger partial charge in [-0.15, -0.1) is 0 Å². The number of hydrogen-bond acceptors (Lipinski definition) is 5. The van der Waals surface area contributed by atoms with Crippen molar-refractivity contribution < 1.29 is 21.2 Å². The number of nitrogens with zero attached hydrogens (tertiary/aromatic N) is 1. The molecule has 0 saturated heterocycles. The van der Waals surface area contributed by atoms with Gasteiger partial charge in [-0.1, -0.05) is 0 Å². The van der Waals surface area contributed by atoms with Crippen molar-refractivity contribution >= 4 is 25.7 Å². The molecule has 0 unspecified atom stereocenters. The highest BCUT2D eigenvalue weighted by Gasteiger charge is 2.22. The SMILES string of the molecule is Cc1cc(NS(=O)(=O)c2cc(S(C)(=O)=O)ccc2F)n[nH]1. The summed E-state index contributed by atoms with van der Waals surface area (Å²) in [5.74, 6) is -1.07. The van der Waals surface area contributed by atoms with Gasteiger partial charge in [-0.2, -0.15) is 5.10 Å². The average Bonchev–Trinajstić information content (AvgIpc) is 2.72. The molecule has 0 saturated carbocycles. The Morgan fingerprint density at radius 1 is 1.19 bits per heavy atom. The van der Waals surface area contributed by atoms with E-state index in [0.29, 0.717) is 5.69 Å². The van der Waals surface area contributed by atoms with Crippen molar-refractivity contribution in [1.29, 1.82) is 0 Å². The van der Waals surface area contributed by atoms with Crippen molar-refractivity contribution in [2.45, 2.75) is 16.7 Å². The third-order valence-electron chi connectivity index (χ3n) is 2.57. The molecule has 0 bridgehead atoms. The molecule has 1 aromatic heterocycles. The summed E-state index contributed by atoms with van der Waals surface area (Å²) in [6.07, 6.45) is 0.904. The van der Waals surface area contributed by atoms with E-state index in [2.05, 4.69) is 14.9 Å². The average molecular weight is 333 g/mol. The Hall–Kier alpha value is -1.94. The largest absolute Gasteiger partial charge is 0.281 e. The molecule has 2 N–H and O–H groups in total. The van der Waals surface area contributed by atoms with Crippen LogP contribution in [0.25, 0.3) is 0 Å². The predicted molar refractivity (Wildman–Crippen MR) is 73.6 cm³/mol. The summed E-state index contributed by atoms with van der Waals surface area (Å²) >= 11 is 0. The van der Waals surface area contributed by atoms with E-state index < -0.39 is 30.6 Å². The van der Waals surface area contributed by atoms with E-state index in [1.165, 1.54) is 6.07 Å². The predicted octanol–water partition coefficient (Wildman–Crippen LogP) is 1.06. The monoisotopic (exact) mass is 333 g/mol. The van der Waals surface area contributed by atoms with Gasteiger partial charge in [0.1, 0.15) is 10.7 Å². The molecule has 2 aromatic rings. The summed E-state index contributed by atoms with van der Waals surface area (Å²) in [5.41, 5.74) is 0.609. The second-order valence-corrected chi connectivity index (χ2v) is 8.07. The molecule has 0 spiro atoms. The zero-order chi connectivity index (χ0) is 15.8. The normalized spacial score (nSPS) is 12.3. The number of aromatic amines is 1. The molecule has 0 aliphatic heterocycles. The molecule has 0 amide bonds. The maximum Gasteiger partial charge on any atom is 0.266 e. The number of benzene rings is 1. The molecule has 0 atom stereocenters. The minimum absolute atomic E-state index is 0.0170. The van der Waals surface area contributed by atoms with Crippen LogP contribution in [0, 0.1) is 12.7 Å². The smallest absolute Gasteiger partial charge is 0.266 e. The summed E-state index contributed by atoms with van der Waals surface area (Å²) < 4.78 is 62.9. The summed E-state index contributed by atoms with van der Waals surface area (Å²) in [7, 11) is -7.94. The van der Waals surface area contributed by atoms with Gasteiger partial charge < -0.3 is 0 Å². The zero-order valence-corrected chi connectivity index (χ0v) is 12.7. The van der Waals surface area contributed by atoms with Crippen molar-refractivity contribution in [2.75, 3.05) is 11.0 Å². The van der Waals surface area contributed by atoms with Gasteiger partial charge in [0.15, 0.2) is 15.7 Å². The van der Waals surface area contributed by atoms with Crippen molar-refractivity contribution in [1.82, 2.24) is 10.2 Å². The van der Waals surface area contributed by atoms with Gasteiger partial charge in [0, 0.05) is 18.0 Å². The quantitative estimate of drug-likeness (QED) is 0.813. The first-order valence-corrected chi connectivity index (χ1v) is 9.01. The third-order valence-corrected chi connectivity index (χ3v) is 5.05. The number of rotatable bonds is 4. The molecule has 21 heavy (non-hydrogen) atoms. The number of nitrogens with one attached hydrogen (secondary N) is 2. The fourth-order valence-corrected chi connectivity index (χ4v) is 3.40. The first-order valence-electron chi connectivity index (χ1n) is 5.64. The van der Waals surface area contributed by atoms with Crippen LogP contribution in [0.5, 0.6) is 0 Å². The van der Waals surface area contributed by atoms with Gasteiger partial charge in [-0.25, -0.2) is 21.2 Å². The molecule has 0 aliphatic carbocycles. The minimum atomic E-state index is -4.29. The van der Waals surface area contributed by atoms with Crippen molar-refractivity contribution in [2.24, 2.45) is 0 Å². The van der Waals surface area contributed by atoms with Gasteiger partial charge in [-0.05, 0) is 25.1 Å². The van der Waals surface area contributed by atoms with Gasteiger partial charge in [-0.3, -0.25) is 9.82 Å². The molecule has 0 radical (unpaired) electrons. The number of sulfone groups is 1. The Morgan fingerprint density at radius 3 is 2.38 bits per heavy atom. The molecule has 7 nitrogen and oxygen atoms in total. The van der Waals surface area contributed by atoms with E-state index in [0.717, 1.165) is 24.5 Å². The number of aromatic nitrogens is 2. The molecule has 1 aromatic carbocycles. The van der Waals surface area contributed by atoms with Crippen LogP contribution in [0.3, 0.4) is 0 Å². The number of sulfonamides is 1. The lowest BCUT2D eigenvalue weighted by atomic mass is 10.3. The van der Waals surface area contributed by atoms with Crippen LogP contribution in [0.1, 0.15) is 5.69 Å². The van der Waals surface area contributed by atoms with Gasteiger partial charge >= 0.3 is 0 Å². The van der Waals surface area contributed by atoms with Crippen LogP contribution in [0.4, 0.5) is 10.2 Å². The summed E-state index contributed by atoms with van der Waals surface area (Å²) in [5, 5.41) is 6.20. The fourth-order valence-electron chi connectivity index (χ4n) is 1.58. The highest BCUT2D eigenvalue weighted by molar-refractivity contribution is 7.93. The first kappa shape index (κ1) is 15.4. The lowest BCUT2D eigenvalue weighted by molar-refractivity contribution is 0.567. The maximum absolute atomic E-state index is 13.7. The third kappa shape index (κ3) is 3.39. The molecule has 10 heteroatoms. The van der Waals surface area contributed by atoms with E-state index in [1.54, 1.807) is 6.92 Å². The summed E-state index contributed by atoms with van der Waals surface area (Å²) in [6, 6.07) is 3.98. The molecule has 1 heterocycles.